The number of unbranched alkanes of at least 4 members (excludes halogenated alkanes) is 2. The fourth-order valence-electron chi connectivity index (χ4n) is 2.80. The second kappa shape index (κ2) is 10.6. The number of carbonyl (C=O) groups is 1. The van der Waals surface area contributed by atoms with Crippen molar-refractivity contribution in [3.8, 4) is 5.75 Å². The van der Waals surface area contributed by atoms with Crippen molar-refractivity contribution < 1.29 is 9.90 Å². The Kier molecular flexibility index (Phi) is 8.09. The smallest absolute Gasteiger partial charge is 0.211 e. The van der Waals surface area contributed by atoms with E-state index in [1.54, 1.807) is 12.1 Å². The van der Waals surface area contributed by atoms with Gasteiger partial charge in [-0.05, 0) is 60.7 Å². The standard InChI is InChI=1S/C21H26N2O2S/c1-2-3-4-5-17-14-18(8-11-20(17)23-15-24)21(26)22-13-12-16-6-9-19(25)10-7-16/h6-11,14-15,25H,2-5,12-13H2,1H3,(H,22,26)(H,23,24). The van der Waals surface area contributed by atoms with Gasteiger partial charge in [0.15, 0.2) is 0 Å². The van der Waals surface area contributed by atoms with Gasteiger partial charge in [-0.3, -0.25) is 4.79 Å². The molecule has 4 nitrogen and oxygen atoms in total. The van der Waals surface area contributed by atoms with Crippen LogP contribution in [-0.4, -0.2) is 23.0 Å². The van der Waals surface area contributed by atoms with Crippen LogP contribution < -0.4 is 10.6 Å². The van der Waals surface area contributed by atoms with Gasteiger partial charge in [0.1, 0.15) is 10.7 Å². The molecule has 0 bridgehead atoms. The molecular formula is C21H26N2O2S. The zero-order valence-electron chi connectivity index (χ0n) is 15.1. The van der Waals surface area contributed by atoms with Crippen molar-refractivity contribution in [2.24, 2.45) is 0 Å². The summed E-state index contributed by atoms with van der Waals surface area (Å²) >= 11 is 5.52. The van der Waals surface area contributed by atoms with E-state index < -0.39 is 0 Å². The number of nitrogens with one attached hydrogen (secondary N) is 2. The first kappa shape index (κ1) is 19.9. The molecule has 138 valence electrons. The van der Waals surface area contributed by atoms with Crippen LogP contribution in [0.15, 0.2) is 42.5 Å². The number of rotatable bonds is 10. The van der Waals surface area contributed by atoms with E-state index in [1.807, 2.05) is 24.3 Å². The Morgan fingerprint density at radius 3 is 2.58 bits per heavy atom. The summed E-state index contributed by atoms with van der Waals surface area (Å²) in [5, 5.41) is 15.4. The van der Waals surface area contributed by atoms with Crippen LogP contribution in [-0.2, 0) is 17.6 Å². The zero-order valence-corrected chi connectivity index (χ0v) is 15.9. The van der Waals surface area contributed by atoms with Crippen molar-refractivity contribution in [1.29, 1.82) is 0 Å². The molecule has 0 aromatic heterocycles. The average Bonchev–Trinajstić information content (AvgIpc) is 2.65. The largest absolute Gasteiger partial charge is 0.508 e. The second-order valence-electron chi connectivity index (χ2n) is 6.26. The SMILES string of the molecule is CCCCCc1cc(C(=S)NCCc2ccc(O)cc2)ccc1NC=O. The molecule has 2 rings (SSSR count). The Balaban J connectivity index is 1.96. The van der Waals surface area contributed by atoms with Gasteiger partial charge in [0.25, 0.3) is 0 Å². The minimum Gasteiger partial charge on any atom is -0.508 e. The topological polar surface area (TPSA) is 61.4 Å². The maximum atomic E-state index is 10.8. The van der Waals surface area contributed by atoms with Gasteiger partial charge in [-0.15, -0.1) is 0 Å². The monoisotopic (exact) mass is 370 g/mol. The zero-order chi connectivity index (χ0) is 18.8. The first-order valence-corrected chi connectivity index (χ1v) is 9.44. The first-order valence-electron chi connectivity index (χ1n) is 9.03. The number of aromatic hydroxyl groups is 1. The molecule has 5 heteroatoms. The average molecular weight is 371 g/mol. The quantitative estimate of drug-likeness (QED) is 0.333. The molecule has 0 saturated heterocycles. The third-order valence-corrected chi connectivity index (χ3v) is 4.65. The molecule has 0 heterocycles. The number of phenolic OH excluding ortho intramolecular Hbond substituents is 1. The van der Waals surface area contributed by atoms with Crippen molar-refractivity contribution in [3.63, 3.8) is 0 Å². The summed E-state index contributed by atoms with van der Waals surface area (Å²) < 4.78 is 0. The van der Waals surface area contributed by atoms with Gasteiger partial charge in [-0.25, -0.2) is 0 Å². The van der Waals surface area contributed by atoms with Crippen LogP contribution in [0.3, 0.4) is 0 Å². The summed E-state index contributed by atoms with van der Waals surface area (Å²) in [6, 6.07) is 13.1. The number of hydrogen-bond acceptors (Lipinski definition) is 3. The van der Waals surface area contributed by atoms with Crippen LogP contribution in [0.25, 0.3) is 0 Å². The molecule has 0 radical (unpaired) electrons. The van der Waals surface area contributed by atoms with E-state index >= 15 is 0 Å². The number of anilines is 1. The highest BCUT2D eigenvalue weighted by molar-refractivity contribution is 7.80. The summed E-state index contributed by atoms with van der Waals surface area (Å²) in [7, 11) is 0. The van der Waals surface area contributed by atoms with E-state index in [0.29, 0.717) is 11.4 Å². The number of phenols is 1. The number of carbonyl (C=O) groups excluding carboxylic acids is 1. The van der Waals surface area contributed by atoms with Gasteiger partial charge in [0.05, 0.1) is 0 Å². The Hall–Kier alpha value is -2.40. The molecule has 0 spiro atoms. The summed E-state index contributed by atoms with van der Waals surface area (Å²) in [6.07, 6.45) is 5.89. The molecule has 0 saturated carbocycles. The van der Waals surface area contributed by atoms with Gasteiger partial charge in [0.2, 0.25) is 6.41 Å². The minimum atomic E-state index is 0.275. The number of thiocarbonyl (C=S) groups is 1. The lowest BCUT2D eigenvalue weighted by Crippen LogP contribution is -2.24. The van der Waals surface area contributed by atoms with Crippen LogP contribution in [0.4, 0.5) is 5.69 Å². The summed E-state index contributed by atoms with van der Waals surface area (Å²) in [4.78, 5) is 11.5. The lowest BCUT2D eigenvalue weighted by Gasteiger charge is -2.13. The Labute approximate surface area is 160 Å². The Bertz CT molecular complexity index is 729. The van der Waals surface area contributed by atoms with Crippen molar-refractivity contribution in [3.05, 3.63) is 59.2 Å². The Morgan fingerprint density at radius 1 is 1.12 bits per heavy atom. The van der Waals surface area contributed by atoms with Crippen molar-refractivity contribution >= 4 is 29.3 Å². The van der Waals surface area contributed by atoms with Crippen LogP contribution in [0.5, 0.6) is 5.75 Å². The van der Waals surface area contributed by atoms with E-state index in [4.69, 9.17) is 12.2 Å². The molecule has 0 atom stereocenters. The van der Waals surface area contributed by atoms with Crippen LogP contribution >= 0.6 is 12.2 Å². The normalized spacial score (nSPS) is 10.3. The van der Waals surface area contributed by atoms with Crippen molar-refractivity contribution in [2.75, 3.05) is 11.9 Å². The fourth-order valence-corrected chi connectivity index (χ4v) is 3.03. The van der Waals surface area contributed by atoms with E-state index in [2.05, 4.69) is 23.6 Å². The lowest BCUT2D eigenvalue weighted by molar-refractivity contribution is -0.105. The molecule has 3 N–H and O–H groups in total. The maximum absolute atomic E-state index is 10.8. The summed E-state index contributed by atoms with van der Waals surface area (Å²) in [5.74, 6) is 0.275. The van der Waals surface area contributed by atoms with E-state index in [1.165, 1.54) is 6.42 Å². The molecular weight excluding hydrogens is 344 g/mol. The van der Waals surface area contributed by atoms with Gasteiger partial charge in [0, 0.05) is 17.8 Å². The molecule has 0 unspecified atom stereocenters. The van der Waals surface area contributed by atoms with Crippen LogP contribution in [0.2, 0.25) is 0 Å². The van der Waals surface area contributed by atoms with Crippen LogP contribution in [0, 0.1) is 0 Å². The van der Waals surface area contributed by atoms with Crippen molar-refractivity contribution in [2.45, 2.75) is 39.0 Å². The summed E-state index contributed by atoms with van der Waals surface area (Å²) in [5.41, 5.74) is 4.08. The molecule has 2 aromatic carbocycles. The highest BCUT2D eigenvalue weighted by Crippen LogP contribution is 2.20. The summed E-state index contributed by atoms with van der Waals surface area (Å²) in [6.45, 7) is 2.90. The molecule has 2 aromatic rings. The lowest BCUT2D eigenvalue weighted by atomic mass is 10.0. The molecule has 1 amide bonds. The third-order valence-electron chi connectivity index (χ3n) is 4.27. The predicted octanol–water partition coefficient (Wildman–Crippen LogP) is 4.20. The molecule has 26 heavy (non-hydrogen) atoms. The molecule has 0 aliphatic rings. The van der Waals surface area contributed by atoms with E-state index in [-0.39, 0.29) is 5.75 Å². The maximum Gasteiger partial charge on any atom is 0.211 e. The highest BCUT2D eigenvalue weighted by Gasteiger charge is 2.07. The Morgan fingerprint density at radius 2 is 1.88 bits per heavy atom. The van der Waals surface area contributed by atoms with Gasteiger partial charge < -0.3 is 15.7 Å². The first-order chi connectivity index (χ1) is 12.6. The van der Waals surface area contributed by atoms with E-state index in [0.717, 1.165) is 54.6 Å². The molecule has 0 aliphatic heterocycles. The van der Waals surface area contributed by atoms with Crippen LogP contribution in [0.1, 0.15) is 42.9 Å². The fraction of sp³-hybridized carbons (Fsp3) is 0.333. The number of benzene rings is 2. The van der Waals surface area contributed by atoms with Crippen molar-refractivity contribution in [1.82, 2.24) is 5.32 Å². The second-order valence-corrected chi connectivity index (χ2v) is 6.67. The molecule has 0 aliphatic carbocycles. The predicted molar refractivity (Wildman–Crippen MR) is 111 cm³/mol. The van der Waals surface area contributed by atoms with E-state index in [9.17, 15) is 9.90 Å². The van der Waals surface area contributed by atoms with Gasteiger partial charge in [-0.1, -0.05) is 44.1 Å². The third kappa shape index (κ3) is 6.15. The number of amides is 1. The van der Waals surface area contributed by atoms with Gasteiger partial charge >= 0.3 is 0 Å². The van der Waals surface area contributed by atoms with Gasteiger partial charge in [-0.2, -0.15) is 0 Å². The number of hydrogen-bond donors (Lipinski definition) is 3. The number of aryl methyl sites for hydroxylation is 1. The minimum absolute atomic E-state index is 0.275. The molecule has 0 fully saturated rings. The highest BCUT2D eigenvalue weighted by atomic mass is 32.1.